The number of ether oxygens (including phenoxy) is 1. The molecule has 1 N–H and O–H groups in total. The SMILES string of the molecule is Cc1ccc(OCCNC(=O)CN(c2ccccc2)S(=O)(=O)c2ccccc2)c(C)c1. The Labute approximate surface area is 183 Å². The average molecular weight is 439 g/mol. The van der Waals surface area contributed by atoms with E-state index in [4.69, 9.17) is 4.74 Å². The lowest BCUT2D eigenvalue weighted by Crippen LogP contribution is -2.41. The van der Waals surface area contributed by atoms with Gasteiger partial charge in [-0.1, -0.05) is 54.1 Å². The van der Waals surface area contributed by atoms with Crippen LogP contribution in [0.2, 0.25) is 0 Å². The van der Waals surface area contributed by atoms with Crippen molar-refractivity contribution in [1.82, 2.24) is 5.32 Å². The zero-order valence-corrected chi connectivity index (χ0v) is 18.4. The van der Waals surface area contributed by atoms with Crippen LogP contribution in [0.1, 0.15) is 11.1 Å². The van der Waals surface area contributed by atoms with E-state index < -0.39 is 15.9 Å². The summed E-state index contributed by atoms with van der Waals surface area (Å²) in [7, 11) is -3.89. The molecule has 0 bridgehead atoms. The van der Waals surface area contributed by atoms with Crippen LogP contribution >= 0.6 is 0 Å². The fourth-order valence-electron chi connectivity index (χ4n) is 3.13. The van der Waals surface area contributed by atoms with Gasteiger partial charge in [0, 0.05) is 0 Å². The zero-order valence-electron chi connectivity index (χ0n) is 17.6. The minimum Gasteiger partial charge on any atom is -0.491 e. The summed E-state index contributed by atoms with van der Waals surface area (Å²) >= 11 is 0. The molecule has 0 saturated heterocycles. The number of anilines is 1. The predicted octanol–water partition coefficient (Wildman–Crippen LogP) is 3.69. The molecule has 0 fully saturated rings. The molecule has 0 heterocycles. The van der Waals surface area contributed by atoms with Gasteiger partial charge in [-0.3, -0.25) is 9.10 Å². The van der Waals surface area contributed by atoms with Crippen LogP contribution in [0.15, 0.2) is 83.8 Å². The van der Waals surface area contributed by atoms with Crippen LogP contribution < -0.4 is 14.4 Å². The number of aryl methyl sites for hydroxylation is 2. The predicted molar refractivity (Wildman–Crippen MR) is 122 cm³/mol. The number of benzene rings is 3. The molecule has 0 aliphatic heterocycles. The van der Waals surface area contributed by atoms with E-state index >= 15 is 0 Å². The minimum absolute atomic E-state index is 0.129. The van der Waals surface area contributed by atoms with Gasteiger partial charge in [-0.2, -0.15) is 0 Å². The summed E-state index contributed by atoms with van der Waals surface area (Å²) in [6.45, 7) is 4.20. The van der Waals surface area contributed by atoms with Crippen molar-refractivity contribution < 1.29 is 17.9 Å². The first-order chi connectivity index (χ1) is 14.9. The van der Waals surface area contributed by atoms with Gasteiger partial charge in [0.2, 0.25) is 5.91 Å². The van der Waals surface area contributed by atoms with Crippen molar-refractivity contribution in [3.05, 3.63) is 90.0 Å². The number of nitrogens with zero attached hydrogens (tertiary/aromatic N) is 1. The van der Waals surface area contributed by atoms with E-state index in [1.165, 1.54) is 12.1 Å². The number of carbonyl (C=O) groups is 1. The number of para-hydroxylation sites is 1. The van der Waals surface area contributed by atoms with Crippen LogP contribution in [0.3, 0.4) is 0 Å². The van der Waals surface area contributed by atoms with Gasteiger partial charge in [0.25, 0.3) is 10.0 Å². The second kappa shape index (κ2) is 10.1. The van der Waals surface area contributed by atoms with Crippen molar-refractivity contribution in [2.75, 3.05) is 24.0 Å². The third kappa shape index (κ3) is 5.86. The van der Waals surface area contributed by atoms with Crippen LogP contribution in [0.25, 0.3) is 0 Å². The second-order valence-corrected chi connectivity index (χ2v) is 8.99. The van der Waals surface area contributed by atoms with E-state index in [-0.39, 0.29) is 24.6 Å². The molecular formula is C24H26N2O4S. The summed E-state index contributed by atoms with van der Waals surface area (Å²) in [6.07, 6.45) is 0. The van der Waals surface area contributed by atoms with Gasteiger partial charge in [0.05, 0.1) is 17.1 Å². The molecule has 3 aromatic carbocycles. The summed E-state index contributed by atoms with van der Waals surface area (Å²) in [5, 5.41) is 2.74. The number of carbonyl (C=O) groups excluding carboxylic acids is 1. The lowest BCUT2D eigenvalue weighted by molar-refractivity contribution is -0.119. The van der Waals surface area contributed by atoms with E-state index in [0.717, 1.165) is 21.2 Å². The van der Waals surface area contributed by atoms with E-state index in [1.807, 2.05) is 32.0 Å². The van der Waals surface area contributed by atoms with E-state index in [0.29, 0.717) is 5.69 Å². The molecule has 0 unspecified atom stereocenters. The van der Waals surface area contributed by atoms with Crippen molar-refractivity contribution in [2.24, 2.45) is 0 Å². The Hall–Kier alpha value is -3.32. The van der Waals surface area contributed by atoms with E-state index in [1.54, 1.807) is 48.5 Å². The Bertz CT molecular complexity index is 1120. The normalized spacial score (nSPS) is 11.0. The topological polar surface area (TPSA) is 75.7 Å². The average Bonchev–Trinajstić information content (AvgIpc) is 2.77. The van der Waals surface area contributed by atoms with Gasteiger partial charge in [-0.25, -0.2) is 8.42 Å². The number of hydrogen-bond acceptors (Lipinski definition) is 4. The molecule has 0 aliphatic rings. The number of sulfonamides is 1. The molecule has 0 spiro atoms. The number of hydrogen-bond donors (Lipinski definition) is 1. The fourth-order valence-corrected chi connectivity index (χ4v) is 4.57. The Morgan fingerprint density at radius 2 is 1.58 bits per heavy atom. The summed E-state index contributed by atoms with van der Waals surface area (Å²) in [5.41, 5.74) is 2.60. The maximum atomic E-state index is 13.2. The molecule has 0 aromatic heterocycles. The third-order valence-electron chi connectivity index (χ3n) is 4.67. The smallest absolute Gasteiger partial charge is 0.264 e. The maximum Gasteiger partial charge on any atom is 0.264 e. The van der Waals surface area contributed by atoms with Crippen LogP contribution in [-0.2, 0) is 14.8 Å². The summed E-state index contributed by atoms with van der Waals surface area (Å²) in [5.74, 6) is 0.352. The molecule has 3 aromatic rings. The highest BCUT2D eigenvalue weighted by Crippen LogP contribution is 2.23. The highest BCUT2D eigenvalue weighted by molar-refractivity contribution is 7.92. The van der Waals surface area contributed by atoms with Crippen molar-refractivity contribution in [1.29, 1.82) is 0 Å². The maximum absolute atomic E-state index is 13.2. The largest absolute Gasteiger partial charge is 0.491 e. The quantitative estimate of drug-likeness (QED) is 0.517. The Morgan fingerprint density at radius 3 is 2.23 bits per heavy atom. The number of nitrogens with one attached hydrogen (secondary N) is 1. The van der Waals surface area contributed by atoms with Gasteiger partial charge in [-0.05, 0) is 49.7 Å². The minimum atomic E-state index is -3.89. The summed E-state index contributed by atoms with van der Waals surface area (Å²) in [4.78, 5) is 12.7. The first kappa shape index (κ1) is 22.4. The number of rotatable bonds is 9. The van der Waals surface area contributed by atoms with Crippen molar-refractivity contribution in [2.45, 2.75) is 18.7 Å². The lowest BCUT2D eigenvalue weighted by atomic mass is 10.1. The van der Waals surface area contributed by atoms with Crippen LogP contribution in [0.4, 0.5) is 5.69 Å². The van der Waals surface area contributed by atoms with E-state index in [9.17, 15) is 13.2 Å². The van der Waals surface area contributed by atoms with Crippen LogP contribution in [0.5, 0.6) is 5.75 Å². The summed E-state index contributed by atoms with van der Waals surface area (Å²) < 4.78 is 33.2. The molecule has 1 amide bonds. The monoisotopic (exact) mass is 438 g/mol. The van der Waals surface area contributed by atoms with Gasteiger partial charge < -0.3 is 10.1 Å². The molecule has 0 atom stereocenters. The third-order valence-corrected chi connectivity index (χ3v) is 6.46. The fraction of sp³-hybridized carbons (Fsp3) is 0.208. The molecular weight excluding hydrogens is 412 g/mol. The molecule has 31 heavy (non-hydrogen) atoms. The van der Waals surface area contributed by atoms with Gasteiger partial charge in [0.1, 0.15) is 18.9 Å². The van der Waals surface area contributed by atoms with Gasteiger partial charge in [-0.15, -0.1) is 0 Å². The van der Waals surface area contributed by atoms with Crippen molar-refractivity contribution in [3.8, 4) is 5.75 Å². The molecule has 0 saturated carbocycles. The van der Waals surface area contributed by atoms with Gasteiger partial charge in [0.15, 0.2) is 0 Å². The second-order valence-electron chi connectivity index (χ2n) is 7.13. The van der Waals surface area contributed by atoms with Crippen molar-refractivity contribution in [3.63, 3.8) is 0 Å². The zero-order chi connectivity index (χ0) is 22.3. The molecule has 162 valence electrons. The number of amides is 1. The van der Waals surface area contributed by atoms with Crippen LogP contribution in [-0.4, -0.2) is 34.0 Å². The first-order valence-electron chi connectivity index (χ1n) is 9.97. The van der Waals surface area contributed by atoms with Gasteiger partial charge >= 0.3 is 0 Å². The Balaban J connectivity index is 1.65. The van der Waals surface area contributed by atoms with E-state index in [2.05, 4.69) is 5.32 Å². The first-order valence-corrected chi connectivity index (χ1v) is 11.4. The molecule has 7 heteroatoms. The molecule has 0 aliphatic carbocycles. The summed E-state index contributed by atoms with van der Waals surface area (Å²) in [6, 6.07) is 22.6. The highest BCUT2D eigenvalue weighted by atomic mass is 32.2. The Morgan fingerprint density at radius 1 is 0.935 bits per heavy atom. The lowest BCUT2D eigenvalue weighted by Gasteiger charge is -2.24. The highest BCUT2D eigenvalue weighted by Gasteiger charge is 2.26. The molecule has 0 radical (unpaired) electrons. The van der Waals surface area contributed by atoms with Crippen molar-refractivity contribution >= 4 is 21.6 Å². The van der Waals surface area contributed by atoms with Crippen LogP contribution in [0, 0.1) is 13.8 Å². The standard InChI is InChI=1S/C24H26N2O4S/c1-19-13-14-23(20(2)17-19)30-16-15-25-24(27)18-26(21-9-5-3-6-10-21)31(28,29)22-11-7-4-8-12-22/h3-14,17H,15-16,18H2,1-2H3,(H,25,27). The molecule has 3 rings (SSSR count). The Kier molecular flexibility index (Phi) is 7.31. The molecule has 6 nitrogen and oxygen atoms in total.